The normalized spacial score (nSPS) is 28.8. The average molecular weight is 146 g/mol. The van der Waals surface area contributed by atoms with Crippen LogP contribution in [0.5, 0.6) is 0 Å². The molecule has 10 heavy (non-hydrogen) atoms. The van der Waals surface area contributed by atoms with Crippen molar-refractivity contribution in [2.24, 2.45) is 5.84 Å². The summed E-state index contributed by atoms with van der Waals surface area (Å²) in [6.07, 6.45) is 0.156. The molecule has 0 aromatic rings. The lowest BCUT2D eigenvalue weighted by Gasteiger charge is -2.28. The first-order valence-electron chi connectivity index (χ1n) is 3.43. The van der Waals surface area contributed by atoms with Crippen LogP contribution in [0, 0.1) is 0 Å². The first-order valence-corrected chi connectivity index (χ1v) is 3.43. The molecule has 0 aliphatic carbocycles. The van der Waals surface area contributed by atoms with Crippen LogP contribution in [0.15, 0.2) is 0 Å². The third-order valence-electron chi connectivity index (χ3n) is 1.52. The Morgan fingerprint density at radius 3 is 3.20 bits per heavy atom. The van der Waals surface area contributed by atoms with E-state index in [0.29, 0.717) is 13.2 Å². The maximum Gasteiger partial charge on any atom is 0.0949 e. The number of nitrogens with two attached hydrogens (primary N) is 1. The van der Waals surface area contributed by atoms with E-state index in [1.807, 2.05) is 0 Å². The summed E-state index contributed by atoms with van der Waals surface area (Å²) in [4.78, 5) is 0. The van der Waals surface area contributed by atoms with E-state index >= 15 is 0 Å². The maximum atomic E-state index is 5.55. The smallest absolute Gasteiger partial charge is 0.0949 e. The molecule has 1 heterocycles. The molecule has 0 aromatic heterocycles. The summed E-state index contributed by atoms with van der Waals surface area (Å²) >= 11 is 0. The van der Waals surface area contributed by atoms with Crippen molar-refractivity contribution in [3.63, 3.8) is 0 Å². The zero-order valence-corrected chi connectivity index (χ0v) is 6.25. The highest BCUT2D eigenvalue weighted by atomic mass is 16.5. The van der Waals surface area contributed by atoms with Gasteiger partial charge in [-0.2, -0.15) is 0 Å². The Labute approximate surface area is 60.9 Å². The van der Waals surface area contributed by atoms with Crippen molar-refractivity contribution in [3.8, 4) is 0 Å². The second kappa shape index (κ2) is 3.88. The zero-order chi connectivity index (χ0) is 7.40. The van der Waals surface area contributed by atoms with Gasteiger partial charge in [-0.25, -0.2) is 5.01 Å². The Kier molecular flexibility index (Phi) is 3.08. The van der Waals surface area contributed by atoms with Gasteiger partial charge in [0.15, 0.2) is 0 Å². The lowest BCUT2D eigenvalue weighted by molar-refractivity contribution is -0.0613. The van der Waals surface area contributed by atoms with Gasteiger partial charge in [0.25, 0.3) is 0 Å². The number of hydrogen-bond donors (Lipinski definition) is 1. The van der Waals surface area contributed by atoms with E-state index in [1.54, 1.807) is 12.1 Å². The van der Waals surface area contributed by atoms with Crippen LogP contribution < -0.4 is 5.84 Å². The Bertz CT molecular complexity index is 97.7. The highest BCUT2D eigenvalue weighted by Gasteiger charge is 2.16. The molecule has 0 amide bonds. The van der Waals surface area contributed by atoms with Crippen LogP contribution >= 0.6 is 0 Å². The predicted molar refractivity (Wildman–Crippen MR) is 37.4 cm³/mol. The summed E-state index contributed by atoms with van der Waals surface area (Å²) in [6.45, 7) is 2.94. The maximum absolute atomic E-state index is 5.55. The van der Waals surface area contributed by atoms with Crippen molar-refractivity contribution in [2.45, 2.75) is 6.10 Å². The van der Waals surface area contributed by atoms with Gasteiger partial charge in [-0.05, 0) is 0 Å². The number of hydrazine groups is 1. The molecule has 4 nitrogen and oxygen atoms in total. The SMILES string of the molecule is COC[C@H]1CN(N)CCO1. The van der Waals surface area contributed by atoms with Crippen molar-refractivity contribution in [2.75, 3.05) is 33.4 Å². The minimum absolute atomic E-state index is 0.156. The lowest BCUT2D eigenvalue weighted by atomic mass is 10.3. The number of ether oxygens (including phenoxy) is 2. The van der Waals surface area contributed by atoms with Gasteiger partial charge in [0.2, 0.25) is 0 Å². The molecule has 60 valence electrons. The fourth-order valence-corrected chi connectivity index (χ4v) is 1.03. The largest absolute Gasteiger partial charge is 0.382 e. The second-order valence-electron chi connectivity index (χ2n) is 2.44. The molecule has 1 atom stereocenters. The van der Waals surface area contributed by atoms with Gasteiger partial charge in [0, 0.05) is 20.2 Å². The van der Waals surface area contributed by atoms with Gasteiger partial charge in [-0.1, -0.05) is 0 Å². The fourth-order valence-electron chi connectivity index (χ4n) is 1.03. The molecular formula is C6H14N2O2. The molecule has 2 N–H and O–H groups in total. The highest BCUT2D eigenvalue weighted by molar-refractivity contribution is 4.66. The van der Waals surface area contributed by atoms with Crippen LogP contribution in [0.3, 0.4) is 0 Å². The van der Waals surface area contributed by atoms with Gasteiger partial charge in [-0.3, -0.25) is 5.84 Å². The summed E-state index contributed by atoms with van der Waals surface area (Å²) < 4.78 is 10.3. The van der Waals surface area contributed by atoms with Crippen LogP contribution in [-0.4, -0.2) is 44.5 Å². The summed E-state index contributed by atoms with van der Waals surface area (Å²) in [6, 6.07) is 0. The molecule has 0 aromatic carbocycles. The van der Waals surface area contributed by atoms with Crippen molar-refractivity contribution in [3.05, 3.63) is 0 Å². The molecule has 1 saturated heterocycles. The summed E-state index contributed by atoms with van der Waals surface area (Å²) in [7, 11) is 1.67. The first kappa shape index (κ1) is 7.94. The molecule has 0 spiro atoms. The van der Waals surface area contributed by atoms with Crippen molar-refractivity contribution in [1.29, 1.82) is 0 Å². The van der Waals surface area contributed by atoms with Gasteiger partial charge in [0.1, 0.15) is 0 Å². The summed E-state index contributed by atoms with van der Waals surface area (Å²) in [5.41, 5.74) is 0. The fraction of sp³-hybridized carbons (Fsp3) is 1.00. The first-order chi connectivity index (χ1) is 4.83. The monoisotopic (exact) mass is 146 g/mol. The molecule has 0 saturated carbocycles. The Hall–Kier alpha value is -0.160. The Balaban J connectivity index is 2.18. The predicted octanol–water partition coefficient (Wildman–Crippen LogP) is -0.793. The topological polar surface area (TPSA) is 47.7 Å². The molecule has 1 aliphatic rings. The Morgan fingerprint density at radius 1 is 1.80 bits per heavy atom. The van der Waals surface area contributed by atoms with Gasteiger partial charge in [0.05, 0.1) is 19.3 Å². The van der Waals surface area contributed by atoms with E-state index in [-0.39, 0.29) is 6.10 Å². The van der Waals surface area contributed by atoms with Gasteiger partial charge in [-0.15, -0.1) is 0 Å². The van der Waals surface area contributed by atoms with Crippen molar-refractivity contribution < 1.29 is 9.47 Å². The lowest BCUT2D eigenvalue weighted by Crippen LogP contribution is -2.47. The summed E-state index contributed by atoms with van der Waals surface area (Å²) in [5.74, 6) is 5.55. The van der Waals surface area contributed by atoms with Crippen LogP contribution in [0.4, 0.5) is 0 Å². The third kappa shape index (κ3) is 2.22. The van der Waals surface area contributed by atoms with Crippen molar-refractivity contribution >= 4 is 0 Å². The van der Waals surface area contributed by atoms with E-state index in [9.17, 15) is 0 Å². The molecule has 1 aliphatic heterocycles. The van der Waals surface area contributed by atoms with E-state index in [1.165, 1.54) is 0 Å². The average Bonchev–Trinajstić information content (AvgIpc) is 1.88. The number of hydrogen-bond acceptors (Lipinski definition) is 4. The second-order valence-corrected chi connectivity index (χ2v) is 2.44. The van der Waals surface area contributed by atoms with Gasteiger partial charge < -0.3 is 9.47 Å². The van der Waals surface area contributed by atoms with E-state index < -0.39 is 0 Å². The van der Waals surface area contributed by atoms with E-state index in [2.05, 4.69) is 0 Å². The molecule has 4 heteroatoms. The number of morpholine rings is 1. The molecule has 0 unspecified atom stereocenters. The van der Waals surface area contributed by atoms with Crippen LogP contribution in [0.1, 0.15) is 0 Å². The molecule has 1 fully saturated rings. The quantitative estimate of drug-likeness (QED) is 0.518. The van der Waals surface area contributed by atoms with Gasteiger partial charge >= 0.3 is 0 Å². The van der Waals surface area contributed by atoms with Crippen molar-refractivity contribution in [1.82, 2.24) is 5.01 Å². The molecule has 0 bridgehead atoms. The van der Waals surface area contributed by atoms with E-state index in [4.69, 9.17) is 15.3 Å². The number of nitrogens with zero attached hydrogens (tertiary/aromatic N) is 1. The number of methoxy groups -OCH3 is 1. The molecule has 0 radical (unpaired) electrons. The highest BCUT2D eigenvalue weighted by Crippen LogP contribution is 2.00. The standard InChI is InChI=1S/C6H14N2O2/c1-9-5-6-4-8(7)2-3-10-6/h6H,2-5,7H2,1H3/t6-/m1/s1. The zero-order valence-electron chi connectivity index (χ0n) is 6.25. The van der Waals surface area contributed by atoms with Crippen LogP contribution in [0.2, 0.25) is 0 Å². The summed E-state index contributed by atoms with van der Waals surface area (Å²) in [5, 5.41) is 1.76. The molecular weight excluding hydrogens is 132 g/mol. The third-order valence-corrected chi connectivity index (χ3v) is 1.52. The van der Waals surface area contributed by atoms with Crippen LogP contribution in [0.25, 0.3) is 0 Å². The Morgan fingerprint density at radius 2 is 2.60 bits per heavy atom. The molecule has 1 rings (SSSR count). The minimum Gasteiger partial charge on any atom is -0.382 e. The number of rotatable bonds is 2. The van der Waals surface area contributed by atoms with Crippen LogP contribution in [-0.2, 0) is 9.47 Å². The minimum atomic E-state index is 0.156. The van der Waals surface area contributed by atoms with E-state index in [0.717, 1.165) is 13.1 Å².